The Labute approximate surface area is 134 Å². The second kappa shape index (κ2) is 7.61. The first-order valence-electron chi connectivity index (χ1n) is 6.83. The molecule has 0 bridgehead atoms. The number of carbonyl (C=O) groups is 1. The molecule has 0 spiro atoms. The lowest BCUT2D eigenvalue weighted by molar-refractivity contribution is -0.123. The summed E-state index contributed by atoms with van der Waals surface area (Å²) >= 11 is 5.94. The molecule has 0 aliphatic rings. The van der Waals surface area contributed by atoms with Gasteiger partial charge in [-0.1, -0.05) is 47.5 Å². The monoisotopic (exact) mass is 316 g/mol. The van der Waals surface area contributed by atoms with Gasteiger partial charge in [-0.15, -0.1) is 0 Å². The van der Waals surface area contributed by atoms with Crippen molar-refractivity contribution >= 4 is 23.7 Å². The average molecular weight is 317 g/mol. The van der Waals surface area contributed by atoms with Gasteiger partial charge in [0.1, 0.15) is 5.75 Å². The molecule has 0 saturated carbocycles. The van der Waals surface area contributed by atoms with Crippen molar-refractivity contribution in [3.63, 3.8) is 0 Å². The van der Waals surface area contributed by atoms with Crippen molar-refractivity contribution in [1.29, 1.82) is 0 Å². The molecule has 1 amide bonds. The Morgan fingerprint density at radius 3 is 2.77 bits per heavy atom. The highest BCUT2D eigenvalue weighted by Gasteiger charge is 2.04. The minimum absolute atomic E-state index is 0.145. The van der Waals surface area contributed by atoms with Crippen molar-refractivity contribution in [2.75, 3.05) is 6.61 Å². The molecule has 0 atom stereocenters. The fourth-order valence-electron chi connectivity index (χ4n) is 1.88. The highest BCUT2D eigenvalue weighted by atomic mass is 35.5. The number of hydrogen-bond acceptors (Lipinski definition) is 3. The third kappa shape index (κ3) is 4.60. The number of hydrazone groups is 1. The number of carbonyl (C=O) groups excluding carboxylic acids is 1. The van der Waals surface area contributed by atoms with E-state index in [0.717, 1.165) is 11.1 Å². The fraction of sp³-hybridized carbons (Fsp3) is 0.176. The zero-order valence-electron chi connectivity index (χ0n) is 12.5. The van der Waals surface area contributed by atoms with Crippen LogP contribution in [0, 0.1) is 13.8 Å². The molecule has 0 radical (unpaired) electrons. The molecule has 22 heavy (non-hydrogen) atoms. The van der Waals surface area contributed by atoms with Crippen LogP contribution in [0.15, 0.2) is 47.6 Å². The van der Waals surface area contributed by atoms with Crippen LogP contribution >= 0.6 is 11.6 Å². The van der Waals surface area contributed by atoms with Gasteiger partial charge in [-0.05, 0) is 37.1 Å². The number of para-hydroxylation sites is 1. The van der Waals surface area contributed by atoms with E-state index in [1.165, 1.54) is 5.56 Å². The van der Waals surface area contributed by atoms with Gasteiger partial charge in [0.2, 0.25) is 0 Å². The van der Waals surface area contributed by atoms with E-state index in [4.69, 9.17) is 16.3 Å². The van der Waals surface area contributed by atoms with Crippen molar-refractivity contribution in [2.24, 2.45) is 5.10 Å². The summed E-state index contributed by atoms with van der Waals surface area (Å²) in [4.78, 5) is 11.7. The maximum absolute atomic E-state index is 11.7. The van der Waals surface area contributed by atoms with Gasteiger partial charge in [-0.2, -0.15) is 5.10 Å². The predicted molar refractivity (Wildman–Crippen MR) is 88.6 cm³/mol. The van der Waals surface area contributed by atoms with Crippen LogP contribution in [0.5, 0.6) is 5.75 Å². The van der Waals surface area contributed by atoms with E-state index < -0.39 is 0 Å². The van der Waals surface area contributed by atoms with Gasteiger partial charge >= 0.3 is 0 Å². The Morgan fingerprint density at radius 2 is 2.05 bits per heavy atom. The molecule has 0 saturated heterocycles. The van der Waals surface area contributed by atoms with Crippen molar-refractivity contribution < 1.29 is 9.53 Å². The van der Waals surface area contributed by atoms with Crippen LogP contribution in [-0.2, 0) is 4.79 Å². The lowest BCUT2D eigenvalue weighted by Crippen LogP contribution is -2.24. The zero-order chi connectivity index (χ0) is 15.9. The third-order valence-corrected chi connectivity index (χ3v) is 3.33. The quantitative estimate of drug-likeness (QED) is 0.678. The summed E-state index contributed by atoms with van der Waals surface area (Å²) in [5.41, 5.74) is 5.67. The largest absolute Gasteiger partial charge is 0.482 e. The highest BCUT2D eigenvalue weighted by Crippen LogP contribution is 2.22. The molecule has 0 aromatic heterocycles. The molecule has 0 aliphatic carbocycles. The lowest BCUT2D eigenvalue weighted by atomic mass is 10.1. The standard InChI is InChI=1S/C17H17ClN2O2/c1-12-7-8-14(13(2)9-12)10-19-20-17(21)11-22-16-6-4-3-5-15(16)18/h3-10H,11H2,1-2H3,(H,20,21)/b19-10-. The number of rotatable bonds is 5. The maximum Gasteiger partial charge on any atom is 0.277 e. The smallest absolute Gasteiger partial charge is 0.277 e. The molecule has 2 aromatic rings. The second-order valence-corrected chi connectivity index (χ2v) is 5.28. The molecule has 0 fully saturated rings. The zero-order valence-corrected chi connectivity index (χ0v) is 13.2. The van der Waals surface area contributed by atoms with E-state index in [1.54, 1.807) is 30.5 Å². The summed E-state index contributed by atoms with van der Waals surface area (Å²) in [6, 6.07) is 13.0. The first-order chi connectivity index (χ1) is 10.6. The Morgan fingerprint density at radius 1 is 1.27 bits per heavy atom. The van der Waals surface area contributed by atoms with Gasteiger partial charge < -0.3 is 4.74 Å². The SMILES string of the molecule is Cc1ccc(/C=N\NC(=O)COc2ccccc2Cl)c(C)c1. The summed E-state index contributed by atoms with van der Waals surface area (Å²) < 4.78 is 5.32. The van der Waals surface area contributed by atoms with Gasteiger partial charge in [0.25, 0.3) is 5.91 Å². The summed E-state index contributed by atoms with van der Waals surface area (Å²) in [6.07, 6.45) is 1.61. The van der Waals surface area contributed by atoms with E-state index in [0.29, 0.717) is 10.8 Å². The summed E-state index contributed by atoms with van der Waals surface area (Å²) in [7, 11) is 0. The van der Waals surface area contributed by atoms with E-state index in [1.807, 2.05) is 26.0 Å². The van der Waals surface area contributed by atoms with Gasteiger partial charge in [0.05, 0.1) is 11.2 Å². The highest BCUT2D eigenvalue weighted by molar-refractivity contribution is 6.32. The Hall–Kier alpha value is -2.33. The van der Waals surface area contributed by atoms with E-state index >= 15 is 0 Å². The molecule has 2 rings (SSSR count). The molecule has 0 heterocycles. The summed E-state index contributed by atoms with van der Waals surface area (Å²) in [5.74, 6) is 0.124. The maximum atomic E-state index is 11.7. The van der Waals surface area contributed by atoms with Crippen molar-refractivity contribution in [2.45, 2.75) is 13.8 Å². The molecule has 0 aliphatic heterocycles. The number of nitrogens with one attached hydrogen (secondary N) is 1. The first-order valence-corrected chi connectivity index (χ1v) is 7.20. The van der Waals surface area contributed by atoms with E-state index in [-0.39, 0.29) is 12.5 Å². The molecular formula is C17H17ClN2O2. The number of aryl methyl sites for hydroxylation is 2. The minimum atomic E-state index is -0.346. The van der Waals surface area contributed by atoms with Gasteiger partial charge in [-0.3, -0.25) is 4.79 Å². The van der Waals surface area contributed by atoms with Crippen molar-refractivity contribution in [1.82, 2.24) is 5.43 Å². The fourth-order valence-corrected chi connectivity index (χ4v) is 2.07. The Kier molecular flexibility index (Phi) is 5.55. The van der Waals surface area contributed by atoms with Crippen LogP contribution in [0.4, 0.5) is 0 Å². The van der Waals surface area contributed by atoms with Crippen molar-refractivity contribution in [3.8, 4) is 5.75 Å². The van der Waals surface area contributed by atoms with Crippen LogP contribution in [0.3, 0.4) is 0 Å². The predicted octanol–water partition coefficient (Wildman–Crippen LogP) is 3.49. The van der Waals surface area contributed by atoms with Gasteiger partial charge in [0, 0.05) is 0 Å². The van der Waals surface area contributed by atoms with E-state index in [9.17, 15) is 4.79 Å². The van der Waals surface area contributed by atoms with Crippen LogP contribution in [0.1, 0.15) is 16.7 Å². The summed E-state index contributed by atoms with van der Waals surface area (Å²) in [6.45, 7) is 3.88. The summed E-state index contributed by atoms with van der Waals surface area (Å²) in [5, 5.41) is 4.40. The minimum Gasteiger partial charge on any atom is -0.482 e. The van der Waals surface area contributed by atoms with Crippen molar-refractivity contribution in [3.05, 3.63) is 64.2 Å². The van der Waals surface area contributed by atoms with Gasteiger partial charge in [0.15, 0.2) is 6.61 Å². The molecule has 114 valence electrons. The normalized spacial score (nSPS) is 10.7. The lowest BCUT2D eigenvalue weighted by Gasteiger charge is -2.06. The number of nitrogens with zero attached hydrogens (tertiary/aromatic N) is 1. The number of amides is 1. The molecular weight excluding hydrogens is 300 g/mol. The topological polar surface area (TPSA) is 50.7 Å². The first kappa shape index (κ1) is 16.0. The Balaban J connectivity index is 1.85. The molecule has 0 unspecified atom stereocenters. The van der Waals surface area contributed by atoms with Crippen LogP contribution in [0.2, 0.25) is 5.02 Å². The molecule has 5 heteroatoms. The van der Waals surface area contributed by atoms with Gasteiger partial charge in [-0.25, -0.2) is 5.43 Å². The van der Waals surface area contributed by atoms with E-state index in [2.05, 4.69) is 16.6 Å². The van der Waals surface area contributed by atoms with Crippen LogP contribution in [0.25, 0.3) is 0 Å². The molecule has 4 nitrogen and oxygen atoms in total. The van der Waals surface area contributed by atoms with Crippen LogP contribution < -0.4 is 10.2 Å². The number of ether oxygens (including phenoxy) is 1. The Bertz CT molecular complexity index is 699. The molecule has 2 aromatic carbocycles. The number of hydrogen-bond donors (Lipinski definition) is 1. The second-order valence-electron chi connectivity index (χ2n) is 4.87. The molecule has 1 N–H and O–H groups in total. The number of benzene rings is 2. The average Bonchev–Trinajstić information content (AvgIpc) is 2.49. The van der Waals surface area contributed by atoms with Crippen LogP contribution in [-0.4, -0.2) is 18.7 Å². The number of halogens is 1. The third-order valence-electron chi connectivity index (χ3n) is 3.01.